The highest BCUT2D eigenvalue weighted by molar-refractivity contribution is 7.98. The van der Waals surface area contributed by atoms with Gasteiger partial charge in [0.1, 0.15) is 24.2 Å². The number of hydrogen-bond acceptors (Lipinski definition) is 8. The van der Waals surface area contributed by atoms with Gasteiger partial charge < -0.3 is 37.6 Å². The topological polar surface area (TPSA) is 214 Å². The maximum absolute atomic E-state index is 12.7. The Morgan fingerprint density at radius 3 is 1.90 bits per heavy atom. The highest BCUT2D eigenvalue weighted by Gasteiger charge is 2.31. The lowest BCUT2D eigenvalue weighted by atomic mass is 10.0. The molecule has 0 rings (SSSR count). The molecular weight excluding hydrogens is 430 g/mol. The number of amides is 4. The summed E-state index contributed by atoms with van der Waals surface area (Å²) in [6.45, 7) is 2.98. The van der Waals surface area contributed by atoms with E-state index in [-0.39, 0.29) is 18.8 Å². The third-order valence-electron chi connectivity index (χ3n) is 4.14. The van der Waals surface area contributed by atoms with Gasteiger partial charge in [-0.15, -0.1) is 0 Å². The third-order valence-corrected chi connectivity index (χ3v) is 4.78. The van der Waals surface area contributed by atoms with Crippen LogP contribution in [0, 0.1) is 5.92 Å². The molecule has 0 saturated heterocycles. The molecule has 0 fully saturated rings. The van der Waals surface area contributed by atoms with Crippen LogP contribution < -0.4 is 27.4 Å². The maximum atomic E-state index is 12.7. The van der Waals surface area contributed by atoms with Gasteiger partial charge in [0.25, 0.3) is 0 Å². The number of carboxylic acid groups (broad SMARTS) is 1. The van der Waals surface area contributed by atoms with E-state index in [1.807, 2.05) is 0 Å². The van der Waals surface area contributed by atoms with Crippen molar-refractivity contribution in [3.8, 4) is 0 Å². The fraction of sp³-hybridized carbons (Fsp3) is 0.722. The maximum Gasteiger partial charge on any atom is 0.326 e. The van der Waals surface area contributed by atoms with Gasteiger partial charge in [0.2, 0.25) is 23.6 Å². The number of aliphatic hydroxyl groups is 1. The Labute approximate surface area is 185 Å². The smallest absolute Gasteiger partial charge is 0.326 e. The van der Waals surface area contributed by atoms with Crippen LogP contribution in [0.15, 0.2) is 0 Å². The largest absolute Gasteiger partial charge is 0.480 e. The highest BCUT2D eigenvalue weighted by atomic mass is 32.2. The van der Waals surface area contributed by atoms with Gasteiger partial charge in [-0.2, -0.15) is 11.8 Å². The molecule has 4 atom stereocenters. The fourth-order valence-corrected chi connectivity index (χ4v) is 2.98. The van der Waals surface area contributed by atoms with Gasteiger partial charge in [0.15, 0.2) is 0 Å². The van der Waals surface area contributed by atoms with E-state index in [2.05, 4.69) is 16.0 Å². The summed E-state index contributed by atoms with van der Waals surface area (Å²) in [6, 6.07) is -4.97. The first-order valence-electron chi connectivity index (χ1n) is 9.70. The first-order chi connectivity index (χ1) is 14.4. The van der Waals surface area contributed by atoms with Crippen molar-refractivity contribution in [1.29, 1.82) is 0 Å². The summed E-state index contributed by atoms with van der Waals surface area (Å²) in [5, 5.41) is 25.3. The summed E-state index contributed by atoms with van der Waals surface area (Å²) >= 11 is 1.40. The molecule has 0 aliphatic carbocycles. The predicted molar refractivity (Wildman–Crippen MR) is 115 cm³/mol. The molecule has 178 valence electrons. The molecule has 0 spiro atoms. The molecule has 9 N–H and O–H groups in total. The highest BCUT2D eigenvalue weighted by Crippen LogP contribution is 2.07. The molecule has 31 heavy (non-hydrogen) atoms. The van der Waals surface area contributed by atoms with E-state index in [4.69, 9.17) is 16.6 Å². The molecule has 0 bridgehead atoms. The number of primary amides is 1. The van der Waals surface area contributed by atoms with Crippen LogP contribution in [-0.4, -0.2) is 82.6 Å². The predicted octanol–water partition coefficient (Wildman–Crippen LogP) is -2.48. The molecule has 13 heteroatoms. The molecule has 0 heterocycles. The molecule has 0 radical (unpaired) electrons. The third kappa shape index (κ3) is 11.5. The van der Waals surface area contributed by atoms with Crippen LogP contribution in [0.4, 0.5) is 0 Å². The van der Waals surface area contributed by atoms with E-state index in [0.29, 0.717) is 5.75 Å². The number of carboxylic acids is 1. The van der Waals surface area contributed by atoms with E-state index in [1.54, 1.807) is 20.1 Å². The normalized spacial score (nSPS) is 14.8. The number of aliphatic hydroxyl groups excluding tert-OH is 1. The van der Waals surface area contributed by atoms with Crippen LogP contribution in [0.5, 0.6) is 0 Å². The fourth-order valence-electron chi connectivity index (χ4n) is 2.51. The van der Waals surface area contributed by atoms with Crippen molar-refractivity contribution in [3.63, 3.8) is 0 Å². The van der Waals surface area contributed by atoms with Crippen molar-refractivity contribution >= 4 is 41.4 Å². The van der Waals surface area contributed by atoms with Crippen molar-refractivity contribution in [2.75, 3.05) is 18.6 Å². The Morgan fingerprint density at radius 1 is 0.935 bits per heavy atom. The van der Waals surface area contributed by atoms with Gasteiger partial charge in [-0.3, -0.25) is 19.2 Å². The number of aliphatic carboxylic acids is 1. The zero-order valence-electron chi connectivity index (χ0n) is 17.9. The van der Waals surface area contributed by atoms with E-state index in [1.165, 1.54) is 11.8 Å². The van der Waals surface area contributed by atoms with Crippen LogP contribution in [-0.2, 0) is 24.0 Å². The first-order valence-corrected chi connectivity index (χ1v) is 11.1. The molecule has 0 aromatic carbocycles. The molecule has 0 saturated carbocycles. The molecular formula is C18H33N5O7S. The summed E-state index contributed by atoms with van der Waals surface area (Å²) in [6.07, 6.45) is 1.55. The summed E-state index contributed by atoms with van der Waals surface area (Å²) in [7, 11) is 0. The lowest BCUT2D eigenvalue weighted by molar-refractivity contribution is -0.142. The van der Waals surface area contributed by atoms with E-state index in [0.717, 1.165) is 0 Å². The number of rotatable bonds is 15. The minimum absolute atomic E-state index is 0.0345. The van der Waals surface area contributed by atoms with E-state index in [9.17, 15) is 29.1 Å². The van der Waals surface area contributed by atoms with E-state index < -0.39 is 66.8 Å². The lowest BCUT2D eigenvalue weighted by Gasteiger charge is -2.25. The molecule has 4 unspecified atom stereocenters. The Morgan fingerprint density at radius 2 is 1.45 bits per heavy atom. The second kappa shape index (κ2) is 14.6. The Hall–Kier alpha value is -2.38. The summed E-state index contributed by atoms with van der Waals surface area (Å²) in [5.74, 6) is -4.13. The minimum Gasteiger partial charge on any atom is -0.480 e. The van der Waals surface area contributed by atoms with Crippen molar-refractivity contribution in [2.24, 2.45) is 17.4 Å². The second-order valence-electron chi connectivity index (χ2n) is 7.39. The van der Waals surface area contributed by atoms with Crippen molar-refractivity contribution in [2.45, 2.75) is 57.3 Å². The molecule has 0 aliphatic heterocycles. The van der Waals surface area contributed by atoms with Gasteiger partial charge in [0, 0.05) is 0 Å². The van der Waals surface area contributed by atoms with Crippen LogP contribution >= 0.6 is 11.8 Å². The van der Waals surface area contributed by atoms with Crippen molar-refractivity contribution < 1.29 is 34.2 Å². The number of carbonyl (C=O) groups is 5. The number of thioether (sulfide) groups is 1. The average molecular weight is 464 g/mol. The molecule has 0 aliphatic rings. The van der Waals surface area contributed by atoms with Crippen molar-refractivity contribution in [1.82, 2.24) is 16.0 Å². The van der Waals surface area contributed by atoms with Crippen LogP contribution in [0.25, 0.3) is 0 Å². The van der Waals surface area contributed by atoms with Gasteiger partial charge in [-0.05, 0) is 30.8 Å². The summed E-state index contributed by atoms with van der Waals surface area (Å²) in [4.78, 5) is 60.1. The van der Waals surface area contributed by atoms with Crippen LogP contribution in [0.2, 0.25) is 0 Å². The molecule has 0 aromatic heterocycles. The summed E-state index contributed by atoms with van der Waals surface area (Å²) in [5.41, 5.74) is 10.6. The van der Waals surface area contributed by atoms with Crippen LogP contribution in [0.1, 0.15) is 33.1 Å². The Kier molecular flexibility index (Phi) is 13.5. The van der Waals surface area contributed by atoms with E-state index >= 15 is 0 Å². The average Bonchev–Trinajstić information content (AvgIpc) is 2.67. The number of nitrogens with two attached hydrogens (primary N) is 2. The SMILES string of the molecule is CSCCC(NC(=O)C(CC(N)=O)NC(=O)C(CC(C)C)NC(=O)C(N)CO)C(=O)O. The monoisotopic (exact) mass is 463 g/mol. The Balaban J connectivity index is 5.44. The van der Waals surface area contributed by atoms with Gasteiger partial charge in [-0.25, -0.2) is 4.79 Å². The molecule has 0 aromatic rings. The number of carbonyl (C=O) groups excluding carboxylic acids is 4. The first kappa shape index (κ1) is 28.6. The zero-order valence-corrected chi connectivity index (χ0v) is 18.7. The Bertz CT molecular complexity index is 647. The second-order valence-corrected chi connectivity index (χ2v) is 8.38. The van der Waals surface area contributed by atoms with Crippen molar-refractivity contribution in [3.05, 3.63) is 0 Å². The van der Waals surface area contributed by atoms with Crippen LogP contribution in [0.3, 0.4) is 0 Å². The van der Waals surface area contributed by atoms with Gasteiger partial charge in [-0.1, -0.05) is 13.8 Å². The quantitative estimate of drug-likeness (QED) is 0.137. The molecule has 12 nitrogen and oxygen atoms in total. The molecule has 4 amide bonds. The lowest BCUT2D eigenvalue weighted by Crippen LogP contribution is -2.58. The zero-order chi connectivity index (χ0) is 24.1. The minimum atomic E-state index is -1.43. The van der Waals surface area contributed by atoms with Gasteiger partial charge >= 0.3 is 5.97 Å². The summed E-state index contributed by atoms with van der Waals surface area (Å²) < 4.78 is 0. The standard InChI is InChI=1S/C18H33N5O7S/c1-9(2)6-12(22-15(26)10(19)8-24)16(27)23-13(7-14(20)25)17(28)21-11(18(29)30)4-5-31-3/h9-13,24H,4-8,19H2,1-3H3,(H2,20,25)(H,21,28)(H,22,26)(H,23,27)(H,29,30). The van der Waals surface area contributed by atoms with Gasteiger partial charge in [0.05, 0.1) is 13.0 Å². The number of nitrogens with one attached hydrogen (secondary N) is 3. The number of hydrogen-bond donors (Lipinski definition) is 7.